The summed E-state index contributed by atoms with van der Waals surface area (Å²) in [7, 11) is 0. The number of hydrogen-bond acceptors (Lipinski definition) is 3. The highest BCUT2D eigenvalue weighted by molar-refractivity contribution is 5.70. The van der Waals surface area contributed by atoms with E-state index in [2.05, 4.69) is 6.92 Å². The van der Waals surface area contributed by atoms with Gasteiger partial charge in [-0.2, -0.15) is 0 Å². The van der Waals surface area contributed by atoms with Crippen LogP contribution in [0.2, 0.25) is 0 Å². The second-order valence-electron chi connectivity index (χ2n) is 7.15. The molecule has 0 aliphatic rings. The maximum Gasteiger partial charge on any atom is 0.269 e. The van der Waals surface area contributed by atoms with Crippen molar-refractivity contribution in [3.63, 3.8) is 0 Å². The molecule has 0 atom stereocenters. The molecule has 0 N–H and O–H groups in total. The summed E-state index contributed by atoms with van der Waals surface area (Å²) < 4.78 is 15.1. The van der Waals surface area contributed by atoms with Crippen molar-refractivity contribution < 1.29 is 9.31 Å². The van der Waals surface area contributed by atoms with Crippen LogP contribution in [0, 0.1) is 15.9 Å². The van der Waals surface area contributed by atoms with Gasteiger partial charge in [0, 0.05) is 34.9 Å². The number of nitro benzene ring substituents is 1. The van der Waals surface area contributed by atoms with Gasteiger partial charge >= 0.3 is 0 Å². The first kappa shape index (κ1) is 20.6. The minimum absolute atomic E-state index is 0.00884. The van der Waals surface area contributed by atoms with E-state index in [1.54, 1.807) is 12.1 Å². The first-order valence-corrected chi connectivity index (χ1v) is 10.1. The van der Waals surface area contributed by atoms with Crippen molar-refractivity contribution in [3.8, 4) is 22.5 Å². The highest BCUT2D eigenvalue weighted by atomic mass is 19.1. The van der Waals surface area contributed by atoms with E-state index in [1.807, 2.05) is 30.3 Å². The smallest absolute Gasteiger partial charge is 0.258 e. The number of unbranched alkanes of at least 4 members (excludes halogenated alkanes) is 4. The molecule has 3 aromatic rings. The molecular weight excluding hydrogens is 367 g/mol. The SMILES string of the molecule is CCCCCCCc1c(F)cc(-c2ccccc2)nc1-c1ccc([N+](=O)[O-])cc1. The molecule has 29 heavy (non-hydrogen) atoms. The lowest BCUT2D eigenvalue weighted by atomic mass is 9.98. The summed E-state index contributed by atoms with van der Waals surface area (Å²) in [6, 6.07) is 17.1. The topological polar surface area (TPSA) is 56.0 Å². The molecule has 150 valence electrons. The number of nitrogens with zero attached hydrogens (tertiary/aromatic N) is 2. The highest BCUT2D eigenvalue weighted by Crippen LogP contribution is 2.31. The maximum atomic E-state index is 15.1. The van der Waals surface area contributed by atoms with Crippen LogP contribution in [-0.2, 0) is 6.42 Å². The minimum Gasteiger partial charge on any atom is -0.258 e. The number of halogens is 1. The van der Waals surface area contributed by atoms with Crippen molar-refractivity contribution in [3.05, 3.63) is 82.2 Å². The average Bonchev–Trinajstić information content (AvgIpc) is 2.75. The summed E-state index contributed by atoms with van der Waals surface area (Å²) in [4.78, 5) is 15.3. The van der Waals surface area contributed by atoms with E-state index in [0.29, 0.717) is 28.9 Å². The Morgan fingerprint density at radius 3 is 2.28 bits per heavy atom. The average molecular weight is 392 g/mol. The Balaban J connectivity index is 1.98. The molecule has 0 amide bonds. The molecule has 0 saturated carbocycles. The number of non-ortho nitro benzene ring substituents is 1. The van der Waals surface area contributed by atoms with Crippen molar-refractivity contribution in [2.75, 3.05) is 0 Å². The Morgan fingerprint density at radius 1 is 0.931 bits per heavy atom. The van der Waals surface area contributed by atoms with Gasteiger partial charge in [-0.3, -0.25) is 10.1 Å². The Kier molecular flexibility index (Phi) is 7.06. The van der Waals surface area contributed by atoms with Crippen LogP contribution in [0.4, 0.5) is 10.1 Å². The molecule has 0 radical (unpaired) electrons. The summed E-state index contributed by atoms with van der Waals surface area (Å²) >= 11 is 0. The molecule has 0 bridgehead atoms. The van der Waals surface area contributed by atoms with E-state index in [4.69, 9.17) is 4.98 Å². The largest absolute Gasteiger partial charge is 0.269 e. The van der Waals surface area contributed by atoms with Gasteiger partial charge in [0.1, 0.15) is 5.82 Å². The monoisotopic (exact) mass is 392 g/mol. The Hall–Kier alpha value is -3.08. The summed E-state index contributed by atoms with van der Waals surface area (Å²) in [5.41, 5.74) is 3.24. The highest BCUT2D eigenvalue weighted by Gasteiger charge is 2.16. The van der Waals surface area contributed by atoms with Crippen LogP contribution in [-0.4, -0.2) is 9.91 Å². The number of aromatic nitrogens is 1. The third-order valence-electron chi connectivity index (χ3n) is 5.02. The maximum absolute atomic E-state index is 15.1. The zero-order chi connectivity index (χ0) is 20.6. The number of rotatable bonds is 9. The van der Waals surface area contributed by atoms with Crippen LogP contribution >= 0.6 is 0 Å². The number of pyridine rings is 1. The molecule has 2 aromatic carbocycles. The molecule has 0 spiro atoms. The number of benzene rings is 2. The van der Waals surface area contributed by atoms with E-state index < -0.39 is 4.92 Å². The van der Waals surface area contributed by atoms with Gasteiger partial charge in [-0.05, 0) is 25.0 Å². The third-order valence-corrected chi connectivity index (χ3v) is 5.02. The second kappa shape index (κ2) is 9.92. The molecule has 3 rings (SSSR count). The van der Waals surface area contributed by atoms with Gasteiger partial charge in [0.15, 0.2) is 0 Å². The molecule has 5 heteroatoms. The Morgan fingerprint density at radius 2 is 1.62 bits per heavy atom. The molecule has 0 unspecified atom stereocenters. The molecule has 0 saturated heterocycles. The van der Waals surface area contributed by atoms with Crippen molar-refractivity contribution in [2.45, 2.75) is 45.4 Å². The first-order valence-electron chi connectivity index (χ1n) is 10.1. The molecule has 4 nitrogen and oxygen atoms in total. The fourth-order valence-corrected chi connectivity index (χ4v) is 3.42. The normalized spacial score (nSPS) is 10.8. The zero-order valence-electron chi connectivity index (χ0n) is 16.6. The first-order chi connectivity index (χ1) is 14.1. The van der Waals surface area contributed by atoms with E-state index in [1.165, 1.54) is 24.6 Å². The lowest BCUT2D eigenvalue weighted by Crippen LogP contribution is -2.01. The van der Waals surface area contributed by atoms with E-state index in [9.17, 15) is 10.1 Å². The van der Waals surface area contributed by atoms with E-state index >= 15 is 4.39 Å². The summed E-state index contributed by atoms with van der Waals surface area (Å²) in [6.07, 6.45) is 6.03. The van der Waals surface area contributed by atoms with Gasteiger partial charge in [0.2, 0.25) is 0 Å². The quantitative estimate of drug-likeness (QED) is 0.224. The molecule has 0 aliphatic heterocycles. The lowest BCUT2D eigenvalue weighted by molar-refractivity contribution is -0.384. The van der Waals surface area contributed by atoms with Gasteiger partial charge in [-0.1, -0.05) is 62.9 Å². The molecule has 0 fully saturated rings. The summed E-state index contributed by atoms with van der Waals surface area (Å²) in [5, 5.41) is 11.0. The van der Waals surface area contributed by atoms with Crippen molar-refractivity contribution >= 4 is 5.69 Å². The van der Waals surface area contributed by atoms with Crippen LogP contribution in [0.15, 0.2) is 60.7 Å². The van der Waals surface area contributed by atoms with Crippen LogP contribution in [0.5, 0.6) is 0 Å². The number of hydrogen-bond donors (Lipinski definition) is 0. The molecular formula is C24H25FN2O2. The Bertz CT molecular complexity index is 957. The van der Waals surface area contributed by atoms with E-state index in [0.717, 1.165) is 31.2 Å². The fraction of sp³-hybridized carbons (Fsp3) is 0.292. The van der Waals surface area contributed by atoms with Crippen LogP contribution in [0.3, 0.4) is 0 Å². The van der Waals surface area contributed by atoms with Gasteiger partial charge in [0.25, 0.3) is 5.69 Å². The summed E-state index contributed by atoms with van der Waals surface area (Å²) in [5.74, 6) is -0.275. The third kappa shape index (κ3) is 5.25. The molecule has 1 heterocycles. The molecule has 0 aliphatic carbocycles. The number of nitro groups is 1. The zero-order valence-corrected chi connectivity index (χ0v) is 16.6. The second-order valence-corrected chi connectivity index (χ2v) is 7.15. The van der Waals surface area contributed by atoms with Crippen LogP contribution < -0.4 is 0 Å². The standard InChI is InChI=1S/C24H25FN2O2/c1-2-3-4-5-9-12-21-22(25)17-23(18-10-7-6-8-11-18)26-24(21)19-13-15-20(16-14-19)27(28)29/h6-8,10-11,13-17H,2-5,9,12H2,1H3. The van der Waals surface area contributed by atoms with Gasteiger partial charge in [-0.25, -0.2) is 9.37 Å². The van der Waals surface area contributed by atoms with Gasteiger partial charge in [-0.15, -0.1) is 0 Å². The van der Waals surface area contributed by atoms with Gasteiger partial charge in [0.05, 0.1) is 16.3 Å². The van der Waals surface area contributed by atoms with E-state index in [-0.39, 0.29) is 11.5 Å². The van der Waals surface area contributed by atoms with Crippen LogP contribution in [0.1, 0.15) is 44.6 Å². The minimum atomic E-state index is -0.438. The lowest BCUT2D eigenvalue weighted by Gasteiger charge is -2.13. The molecule has 1 aromatic heterocycles. The van der Waals surface area contributed by atoms with Crippen molar-refractivity contribution in [1.82, 2.24) is 4.98 Å². The predicted octanol–water partition coefficient (Wildman–Crippen LogP) is 6.98. The predicted molar refractivity (Wildman–Crippen MR) is 114 cm³/mol. The fourth-order valence-electron chi connectivity index (χ4n) is 3.42. The van der Waals surface area contributed by atoms with Crippen molar-refractivity contribution in [1.29, 1.82) is 0 Å². The Labute approximate surface area is 170 Å². The van der Waals surface area contributed by atoms with Crippen LogP contribution in [0.25, 0.3) is 22.5 Å². The van der Waals surface area contributed by atoms with Gasteiger partial charge < -0.3 is 0 Å². The summed E-state index contributed by atoms with van der Waals surface area (Å²) in [6.45, 7) is 2.17. The van der Waals surface area contributed by atoms with Crippen molar-refractivity contribution in [2.24, 2.45) is 0 Å².